The molecule has 1 amide bonds. The molecule has 114 valence electrons. The first-order chi connectivity index (χ1) is 10.3. The molecule has 2 aliphatic rings. The summed E-state index contributed by atoms with van der Waals surface area (Å²) in [6, 6.07) is 9.09. The van der Waals surface area contributed by atoms with Gasteiger partial charge in [0.2, 0.25) is 5.91 Å². The van der Waals surface area contributed by atoms with Gasteiger partial charge in [0.05, 0.1) is 13.7 Å². The molecule has 0 aromatic heterocycles. The van der Waals surface area contributed by atoms with E-state index in [0.717, 1.165) is 38.0 Å². The van der Waals surface area contributed by atoms with E-state index in [2.05, 4.69) is 22.3 Å². The number of nitrogens with zero attached hydrogens (tertiary/aromatic N) is 1. The summed E-state index contributed by atoms with van der Waals surface area (Å²) in [5.74, 6) is 1.14. The highest BCUT2D eigenvalue weighted by atomic mass is 16.5. The molecule has 1 saturated heterocycles. The molecule has 21 heavy (non-hydrogen) atoms. The van der Waals surface area contributed by atoms with Gasteiger partial charge >= 0.3 is 0 Å². The van der Waals surface area contributed by atoms with Crippen LogP contribution in [0.3, 0.4) is 0 Å². The van der Waals surface area contributed by atoms with Crippen LogP contribution in [0.1, 0.15) is 31.2 Å². The molecule has 1 atom stereocenters. The van der Waals surface area contributed by atoms with Crippen LogP contribution >= 0.6 is 0 Å². The summed E-state index contributed by atoms with van der Waals surface area (Å²) in [5.41, 5.74) is 1.24. The molecule has 1 aromatic carbocycles. The number of ether oxygens (including phenoxy) is 1. The molecular formula is C17H24N2O2. The molecular weight excluding hydrogens is 264 g/mol. The van der Waals surface area contributed by atoms with Crippen molar-refractivity contribution >= 4 is 5.91 Å². The van der Waals surface area contributed by atoms with Crippen LogP contribution in [0.5, 0.6) is 5.75 Å². The van der Waals surface area contributed by atoms with E-state index >= 15 is 0 Å². The second-order valence-corrected chi connectivity index (χ2v) is 6.12. The first-order valence-corrected chi connectivity index (χ1v) is 7.91. The molecule has 1 aromatic rings. The summed E-state index contributed by atoms with van der Waals surface area (Å²) < 4.78 is 5.44. The van der Waals surface area contributed by atoms with Crippen molar-refractivity contribution in [1.82, 2.24) is 10.2 Å². The predicted molar refractivity (Wildman–Crippen MR) is 82.5 cm³/mol. The minimum absolute atomic E-state index is 0.185. The van der Waals surface area contributed by atoms with Gasteiger partial charge in [-0.05, 0) is 50.3 Å². The summed E-state index contributed by atoms with van der Waals surface area (Å²) in [7, 11) is 1.72. The number of rotatable bonds is 6. The monoisotopic (exact) mass is 288 g/mol. The second kappa shape index (κ2) is 6.48. The molecule has 1 heterocycles. The van der Waals surface area contributed by atoms with Gasteiger partial charge in [0.1, 0.15) is 5.75 Å². The summed E-state index contributed by atoms with van der Waals surface area (Å²) in [4.78, 5) is 14.3. The molecule has 4 nitrogen and oxygen atoms in total. The zero-order valence-electron chi connectivity index (χ0n) is 12.7. The van der Waals surface area contributed by atoms with Crippen molar-refractivity contribution in [2.24, 2.45) is 0 Å². The Morgan fingerprint density at radius 2 is 2.14 bits per heavy atom. The number of carbonyl (C=O) groups is 1. The normalized spacial score (nSPS) is 22.2. The average molecular weight is 288 g/mol. The van der Waals surface area contributed by atoms with E-state index in [1.807, 2.05) is 12.1 Å². The molecule has 1 unspecified atom stereocenters. The van der Waals surface area contributed by atoms with Crippen molar-refractivity contribution in [3.63, 3.8) is 0 Å². The zero-order valence-corrected chi connectivity index (χ0v) is 12.7. The maximum Gasteiger partial charge on any atom is 0.234 e. The van der Waals surface area contributed by atoms with Gasteiger partial charge in [-0.15, -0.1) is 0 Å². The fraction of sp³-hybridized carbons (Fsp3) is 0.588. The third-order valence-electron chi connectivity index (χ3n) is 4.44. The molecule has 1 aliphatic heterocycles. The number of methoxy groups -OCH3 is 1. The topological polar surface area (TPSA) is 41.6 Å². The quantitative estimate of drug-likeness (QED) is 0.870. The van der Waals surface area contributed by atoms with Crippen molar-refractivity contribution in [1.29, 1.82) is 0 Å². The van der Waals surface area contributed by atoms with Crippen LogP contribution < -0.4 is 10.1 Å². The van der Waals surface area contributed by atoms with Gasteiger partial charge in [0, 0.05) is 12.1 Å². The van der Waals surface area contributed by atoms with Crippen LogP contribution in [0, 0.1) is 0 Å². The molecule has 0 bridgehead atoms. The van der Waals surface area contributed by atoms with Gasteiger partial charge in [0.15, 0.2) is 0 Å². The largest absolute Gasteiger partial charge is 0.496 e. The summed E-state index contributed by atoms with van der Waals surface area (Å²) in [5, 5.41) is 3.08. The Kier molecular flexibility index (Phi) is 4.44. The Labute approximate surface area is 126 Å². The molecule has 0 spiro atoms. The van der Waals surface area contributed by atoms with Gasteiger partial charge in [-0.1, -0.05) is 18.2 Å². The van der Waals surface area contributed by atoms with E-state index in [-0.39, 0.29) is 5.91 Å². The smallest absolute Gasteiger partial charge is 0.234 e. The van der Waals surface area contributed by atoms with Crippen LogP contribution in [0.4, 0.5) is 0 Å². The highest BCUT2D eigenvalue weighted by molar-refractivity contribution is 5.78. The predicted octanol–water partition coefficient (Wildman–Crippen LogP) is 1.98. The van der Waals surface area contributed by atoms with Gasteiger partial charge < -0.3 is 10.1 Å². The second-order valence-electron chi connectivity index (χ2n) is 6.12. The van der Waals surface area contributed by atoms with Gasteiger partial charge in [-0.25, -0.2) is 0 Å². The van der Waals surface area contributed by atoms with Crippen LogP contribution in [-0.4, -0.2) is 43.1 Å². The average Bonchev–Trinajstić information content (AvgIpc) is 3.20. The fourth-order valence-electron chi connectivity index (χ4n) is 3.15. The molecule has 2 fully saturated rings. The minimum Gasteiger partial charge on any atom is -0.496 e. The Balaban J connectivity index is 1.59. The first-order valence-electron chi connectivity index (χ1n) is 7.91. The SMILES string of the molecule is COc1ccccc1CC1CCCN1CC(=O)NC1CC1. The Morgan fingerprint density at radius 3 is 2.90 bits per heavy atom. The van der Waals surface area contributed by atoms with Gasteiger partial charge in [-0.3, -0.25) is 9.69 Å². The molecule has 1 aliphatic carbocycles. The van der Waals surface area contributed by atoms with Gasteiger partial charge in [-0.2, -0.15) is 0 Å². The van der Waals surface area contributed by atoms with Crippen LogP contribution in [0.25, 0.3) is 0 Å². The summed E-state index contributed by atoms with van der Waals surface area (Å²) in [6.45, 7) is 1.56. The number of hydrogen-bond donors (Lipinski definition) is 1. The Morgan fingerprint density at radius 1 is 1.33 bits per heavy atom. The summed E-state index contributed by atoms with van der Waals surface area (Å²) in [6.07, 6.45) is 5.60. The van der Waals surface area contributed by atoms with E-state index in [1.165, 1.54) is 12.0 Å². The Bertz CT molecular complexity index is 499. The number of likely N-dealkylation sites (tertiary alicyclic amines) is 1. The number of hydrogen-bond acceptors (Lipinski definition) is 3. The van der Waals surface area contributed by atoms with Gasteiger partial charge in [0.25, 0.3) is 0 Å². The lowest BCUT2D eigenvalue weighted by molar-refractivity contribution is -0.122. The van der Waals surface area contributed by atoms with Crippen molar-refractivity contribution in [3.8, 4) is 5.75 Å². The third-order valence-corrected chi connectivity index (χ3v) is 4.44. The van der Waals surface area contributed by atoms with E-state index in [9.17, 15) is 4.79 Å². The summed E-state index contributed by atoms with van der Waals surface area (Å²) >= 11 is 0. The molecule has 0 radical (unpaired) electrons. The maximum absolute atomic E-state index is 12.0. The van der Waals surface area contributed by atoms with Crippen LogP contribution in [0.15, 0.2) is 24.3 Å². The standard InChI is InChI=1S/C17H24N2O2/c1-21-16-7-3-2-5-13(16)11-15-6-4-10-19(15)12-17(20)18-14-8-9-14/h2-3,5,7,14-15H,4,6,8-12H2,1H3,(H,18,20). The zero-order chi connectivity index (χ0) is 14.7. The van der Waals surface area contributed by atoms with E-state index in [0.29, 0.717) is 18.6 Å². The number of nitrogens with one attached hydrogen (secondary N) is 1. The minimum atomic E-state index is 0.185. The lowest BCUT2D eigenvalue weighted by Crippen LogP contribution is -2.41. The van der Waals surface area contributed by atoms with Crippen molar-refractivity contribution < 1.29 is 9.53 Å². The van der Waals surface area contributed by atoms with E-state index in [1.54, 1.807) is 7.11 Å². The fourth-order valence-corrected chi connectivity index (χ4v) is 3.15. The maximum atomic E-state index is 12.0. The van der Waals surface area contributed by atoms with Crippen LogP contribution in [0.2, 0.25) is 0 Å². The Hall–Kier alpha value is -1.55. The molecule has 4 heteroatoms. The molecule has 1 saturated carbocycles. The molecule has 3 rings (SSSR count). The number of amides is 1. The molecule has 1 N–H and O–H groups in total. The highest BCUT2D eigenvalue weighted by Gasteiger charge is 2.29. The van der Waals surface area contributed by atoms with Crippen molar-refractivity contribution in [2.75, 3.05) is 20.2 Å². The lowest BCUT2D eigenvalue weighted by atomic mass is 10.0. The third kappa shape index (κ3) is 3.76. The highest BCUT2D eigenvalue weighted by Crippen LogP contribution is 2.26. The van der Waals surface area contributed by atoms with Crippen molar-refractivity contribution in [3.05, 3.63) is 29.8 Å². The number of benzene rings is 1. The lowest BCUT2D eigenvalue weighted by Gasteiger charge is -2.24. The van der Waals surface area contributed by atoms with E-state index < -0.39 is 0 Å². The van der Waals surface area contributed by atoms with Crippen LogP contribution in [-0.2, 0) is 11.2 Å². The van der Waals surface area contributed by atoms with Crippen molar-refractivity contribution in [2.45, 2.75) is 44.2 Å². The number of para-hydroxylation sites is 1. The first kappa shape index (κ1) is 14.4. The number of carbonyl (C=O) groups excluding carboxylic acids is 1. The van der Waals surface area contributed by atoms with E-state index in [4.69, 9.17) is 4.74 Å².